The summed E-state index contributed by atoms with van der Waals surface area (Å²) in [5.41, 5.74) is -1.80. The van der Waals surface area contributed by atoms with E-state index in [0.29, 0.717) is 23.8 Å². The van der Waals surface area contributed by atoms with E-state index >= 15 is 0 Å². The van der Waals surface area contributed by atoms with Crippen molar-refractivity contribution in [1.29, 1.82) is 0 Å². The van der Waals surface area contributed by atoms with Gasteiger partial charge in [-0.25, -0.2) is 17.5 Å². The summed E-state index contributed by atoms with van der Waals surface area (Å²) in [5.74, 6) is -0.278. The molecule has 2 saturated carbocycles. The number of rotatable bonds is 12. The molecule has 0 unspecified atom stereocenters. The summed E-state index contributed by atoms with van der Waals surface area (Å²) in [6.07, 6.45) is 9.05. The molecule has 1 amide bonds. The molecule has 1 aromatic rings. The number of nitrogens with one attached hydrogen (secondary N) is 2. The summed E-state index contributed by atoms with van der Waals surface area (Å²) in [6.45, 7) is 0.857. The summed E-state index contributed by atoms with van der Waals surface area (Å²) < 4.78 is 42.4. The van der Waals surface area contributed by atoms with Crippen LogP contribution in [0.25, 0.3) is 0 Å². The molecule has 2 N–H and O–H groups in total. The molecule has 36 heavy (non-hydrogen) atoms. The lowest BCUT2D eigenvalue weighted by Crippen LogP contribution is -2.46. The van der Waals surface area contributed by atoms with Crippen LogP contribution in [0, 0.1) is 4.91 Å². The average Bonchev–Trinajstić information content (AvgIpc) is 2.86. The molecular formula is C25H39FN4O4S2. The van der Waals surface area contributed by atoms with Crippen molar-refractivity contribution in [3.63, 3.8) is 0 Å². The summed E-state index contributed by atoms with van der Waals surface area (Å²) in [5, 5.41) is 7.08. The number of nitroso groups, excluding NO2 is 1. The van der Waals surface area contributed by atoms with Gasteiger partial charge in [-0.05, 0) is 89.0 Å². The highest BCUT2D eigenvalue weighted by atomic mass is 32.2. The van der Waals surface area contributed by atoms with Crippen molar-refractivity contribution in [3.05, 3.63) is 23.1 Å². The third-order valence-corrected chi connectivity index (χ3v) is 9.89. The van der Waals surface area contributed by atoms with Gasteiger partial charge in [0.2, 0.25) is 0 Å². The lowest BCUT2D eigenvalue weighted by Gasteiger charge is -2.28. The van der Waals surface area contributed by atoms with Crippen LogP contribution in [0.1, 0.15) is 70.6 Å². The van der Waals surface area contributed by atoms with Crippen LogP contribution < -0.4 is 10.0 Å². The molecule has 202 valence electrons. The van der Waals surface area contributed by atoms with Gasteiger partial charge in [0.05, 0.1) is 10.6 Å². The smallest absolute Gasteiger partial charge is 0.271 e. The van der Waals surface area contributed by atoms with Crippen LogP contribution in [-0.4, -0.2) is 62.6 Å². The SMILES string of the molecule is CN(C)CC[C@H](CSC1CCCCC1)Nc1ccc(S(=O)(=O)NC(=O)C2(F)CCCCC2)cc1N=O. The minimum absolute atomic E-state index is 0.00552. The third-order valence-electron chi connectivity index (χ3n) is 7.03. The van der Waals surface area contributed by atoms with E-state index in [1.165, 1.54) is 44.2 Å². The molecule has 1 aromatic carbocycles. The van der Waals surface area contributed by atoms with Gasteiger partial charge in [-0.3, -0.25) is 4.79 Å². The number of sulfonamides is 1. The van der Waals surface area contributed by atoms with Gasteiger partial charge in [-0.15, -0.1) is 4.91 Å². The zero-order valence-corrected chi connectivity index (χ0v) is 22.9. The van der Waals surface area contributed by atoms with Crippen molar-refractivity contribution >= 4 is 39.1 Å². The minimum atomic E-state index is -4.35. The first kappa shape index (κ1) is 28.8. The monoisotopic (exact) mass is 542 g/mol. The molecule has 2 aliphatic carbocycles. The van der Waals surface area contributed by atoms with Crippen LogP contribution in [-0.2, 0) is 14.8 Å². The van der Waals surface area contributed by atoms with Crippen molar-refractivity contribution in [2.45, 2.75) is 92.5 Å². The number of thioether (sulfide) groups is 1. The predicted octanol–water partition coefficient (Wildman–Crippen LogP) is 5.36. The van der Waals surface area contributed by atoms with E-state index in [4.69, 9.17) is 0 Å². The standard InChI is InChI=1S/C25H39FN4O4S2/c1-30(2)16-13-19(18-35-20-9-5-3-6-10-20)27-22-12-11-21(17-23(22)28-32)36(33,34)29-24(31)25(26)14-7-4-8-15-25/h11-12,17,19-20,27H,3-10,13-16,18H2,1-2H3,(H,29,31)/t19-/m1/s1. The molecule has 0 heterocycles. The molecule has 0 spiro atoms. The number of hydrogen-bond acceptors (Lipinski definition) is 8. The second-order valence-corrected chi connectivity index (χ2v) is 13.3. The summed E-state index contributed by atoms with van der Waals surface area (Å²) >= 11 is 1.95. The second kappa shape index (κ2) is 13.2. The number of amides is 1. The first-order chi connectivity index (χ1) is 17.1. The van der Waals surface area contributed by atoms with Crippen molar-refractivity contribution in [2.75, 3.05) is 31.7 Å². The number of hydrogen-bond donors (Lipinski definition) is 2. The Bertz CT molecular complexity index is 994. The largest absolute Gasteiger partial charge is 0.380 e. The second-order valence-electron chi connectivity index (χ2n) is 10.3. The molecule has 3 rings (SSSR count). The highest BCUT2D eigenvalue weighted by Crippen LogP contribution is 2.34. The van der Waals surface area contributed by atoms with Crippen LogP contribution in [0.3, 0.4) is 0 Å². The molecule has 2 aliphatic rings. The maximum absolute atomic E-state index is 14.9. The van der Waals surface area contributed by atoms with Gasteiger partial charge in [-0.2, -0.15) is 11.8 Å². The molecule has 8 nitrogen and oxygen atoms in total. The van der Waals surface area contributed by atoms with Gasteiger partial charge < -0.3 is 10.2 Å². The number of benzene rings is 1. The van der Waals surface area contributed by atoms with Crippen molar-refractivity contribution in [3.8, 4) is 0 Å². The van der Waals surface area contributed by atoms with Gasteiger partial charge in [0.25, 0.3) is 15.9 Å². The zero-order chi connectivity index (χ0) is 26.2. The van der Waals surface area contributed by atoms with Crippen molar-refractivity contribution in [2.24, 2.45) is 5.18 Å². The Kier molecular flexibility index (Phi) is 10.6. The summed E-state index contributed by atoms with van der Waals surface area (Å²) in [7, 11) is -0.335. The molecule has 0 saturated heterocycles. The number of carbonyl (C=O) groups is 1. The van der Waals surface area contributed by atoms with Gasteiger partial charge >= 0.3 is 0 Å². The van der Waals surface area contributed by atoms with Crippen molar-refractivity contribution < 1.29 is 17.6 Å². The maximum atomic E-state index is 14.9. The fourth-order valence-corrected chi connectivity index (χ4v) is 7.28. The number of halogens is 1. The Labute approximate surface area is 218 Å². The lowest BCUT2D eigenvalue weighted by atomic mass is 9.86. The molecule has 2 fully saturated rings. The van der Waals surface area contributed by atoms with E-state index in [1.807, 2.05) is 30.6 Å². The normalized spacial score (nSPS) is 19.6. The number of anilines is 1. The highest BCUT2D eigenvalue weighted by Gasteiger charge is 2.41. The molecule has 0 aliphatic heterocycles. The summed E-state index contributed by atoms with van der Waals surface area (Å²) in [6, 6.07) is 4.01. The van der Waals surface area contributed by atoms with E-state index in [-0.39, 0.29) is 29.5 Å². The van der Waals surface area contributed by atoms with Gasteiger partial charge in [0.15, 0.2) is 5.67 Å². The number of nitrogens with zero attached hydrogens (tertiary/aromatic N) is 2. The van der Waals surface area contributed by atoms with Crippen LogP contribution >= 0.6 is 11.8 Å². The van der Waals surface area contributed by atoms with E-state index < -0.39 is 21.6 Å². The zero-order valence-electron chi connectivity index (χ0n) is 21.3. The molecule has 1 atom stereocenters. The predicted molar refractivity (Wildman–Crippen MR) is 144 cm³/mol. The first-order valence-corrected chi connectivity index (χ1v) is 15.4. The maximum Gasteiger partial charge on any atom is 0.271 e. The molecule has 0 bridgehead atoms. The van der Waals surface area contributed by atoms with Crippen molar-refractivity contribution in [1.82, 2.24) is 9.62 Å². The molecule has 0 aromatic heterocycles. The Morgan fingerprint density at radius 3 is 2.47 bits per heavy atom. The van der Waals surface area contributed by atoms with Gasteiger partial charge in [0.1, 0.15) is 5.69 Å². The van der Waals surface area contributed by atoms with Gasteiger partial charge in [0, 0.05) is 17.0 Å². The Balaban J connectivity index is 1.71. The number of alkyl halides is 1. The van der Waals surface area contributed by atoms with Gasteiger partial charge in [-0.1, -0.05) is 25.7 Å². The Morgan fingerprint density at radius 2 is 1.83 bits per heavy atom. The topological polar surface area (TPSA) is 108 Å². The van der Waals surface area contributed by atoms with Crippen LogP contribution in [0.5, 0.6) is 0 Å². The average molecular weight is 543 g/mol. The third kappa shape index (κ3) is 8.14. The molecule has 11 heteroatoms. The quantitative estimate of drug-likeness (QED) is 0.342. The fourth-order valence-electron chi connectivity index (χ4n) is 4.80. The van der Waals surface area contributed by atoms with E-state index in [1.54, 1.807) is 0 Å². The summed E-state index contributed by atoms with van der Waals surface area (Å²) in [4.78, 5) is 25.9. The number of carbonyl (C=O) groups excluding carboxylic acids is 1. The Hall–Kier alpha value is -1.72. The van der Waals surface area contributed by atoms with Crippen LogP contribution in [0.2, 0.25) is 0 Å². The van der Waals surface area contributed by atoms with E-state index in [2.05, 4.69) is 15.4 Å². The molecular weight excluding hydrogens is 503 g/mol. The molecule has 0 radical (unpaired) electrons. The first-order valence-electron chi connectivity index (χ1n) is 12.9. The highest BCUT2D eigenvalue weighted by molar-refractivity contribution is 7.99. The fraction of sp³-hybridized carbons (Fsp3) is 0.720. The van der Waals surface area contributed by atoms with Crippen LogP contribution in [0.15, 0.2) is 28.3 Å². The van der Waals surface area contributed by atoms with E-state index in [0.717, 1.165) is 31.2 Å². The van der Waals surface area contributed by atoms with Crippen LogP contribution in [0.4, 0.5) is 15.8 Å². The lowest BCUT2D eigenvalue weighted by molar-refractivity contribution is -0.133. The Morgan fingerprint density at radius 1 is 1.17 bits per heavy atom. The van der Waals surface area contributed by atoms with E-state index in [9.17, 15) is 22.5 Å². The minimum Gasteiger partial charge on any atom is -0.380 e.